The van der Waals surface area contributed by atoms with Crippen LogP contribution in [0.2, 0.25) is 0 Å². The average molecular weight is 290 g/mol. The molecule has 1 unspecified atom stereocenters. The predicted molar refractivity (Wildman–Crippen MR) is 77.3 cm³/mol. The van der Waals surface area contributed by atoms with Crippen LogP contribution in [0.15, 0.2) is 10.6 Å². The second kappa shape index (κ2) is 5.87. The zero-order chi connectivity index (χ0) is 14.8. The van der Waals surface area contributed by atoms with E-state index in [1.807, 2.05) is 6.07 Å². The standard InChI is InChI=1S/C14H18N4OS/c1-2-5-18-6-3-14(4-7-18)10(8-15)13(19)17-11(9-16)12(14)20/h10,20H,2-7H2,1H3,(H,17,19). The molecule has 0 aromatic heterocycles. The Labute approximate surface area is 124 Å². The van der Waals surface area contributed by atoms with E-state index in [4.69, 9.17) is 5.26 Å². The number of amides is 1. The fraction of sp³-hybridized carbons (Fsp3) is 0.643. The van der Waals surface area contributed by atoms with Crippen molar-refractivity contribution in [1.29, 1.82) is 10.5 Å². The Morgan fingerprint density at radius 1 is 1.45 bits per heavy atom. The highest BCUT2D eigenvalue weighted by molar-refractivity contribution is 7.84. The number of allylic oxidation sites excluding steroid dienone is 2. The summed E-state index contributed by atoms with van der Waals surface area (Å²) in [5, 5.41) is 21.0. The van der Waals surface area contributed by atoms with Crippen molar-refractivity contribution >= 4 is 18.5 Å². The van der Waals surface area contributed by atoms with E-state index < -0.39 is 11.3 Å². The molecule has 1 fully saturated rings. The molecule has 0 radical (unpaired) electrons. The molecule has 5 nitrogen and oxygen atoms in total. The van der Waals surface area contributed by atoms with Crippen LogP contribution in [-0.4, -0.2) is 30.4 Å². The van der Waals surface area contributed by atoms with Gasteiger partial charge < -0.3 is 10.2 Å². The van der Waals surface area contributed by atoms with E-state index in [1.165, 1.54) is 0 Å². The Hall–Kier alpha value is -1.50. The summed E-state index contributed by atoms with van der Waals surface area (Å²) in [4.78, 5) is 15.0. The zero-order valence-electron chi connectivity index (χ0n) is 11.5. The zero-order valence-corrected chi connectivity index (χ0v) is 12.4. The summed E-state index contributed by atoms with van der Waals surface area (Å²) < 4.78 is 0. The molecule has 0 saturated carbocycles. The third-order valence-corrected chi connectivity index (χ3v) is 4.97. The molecule has 1 spiro atoms. The summed E-state index contributed by atoms with van der Waals surface area (Å²) >= 11 is 4.47. The molecule has 2 aliphatic heterocycles. The number of hydrogen-bond donors (Lipinski definition) is 2. The van der Waals surface area contributed by atoms with Gasteiger partial charge in [0.1, 0.15) is 17.7 Å². The lowest BCUT2D eigenvalue weighted by molar-refractivity contribution is -0.127. The van der Waals surface area contributed by atoms with Crippen molar-refractivity contribution in [1.82, 2.24) is 10.2 Å². The van der Waals surface area contributed by atoms with Crippen molar-refractivity contribution in [3.05, 3.63) is 10.6 Å². The number of nitriles is 2. The third-order valence-electron chi connectivity index (χ3n) is 4.30. The minimum Gasteiger partial charge on any atom is -0.315 e. The van der Waals surface area contributed by atoms with Crippen molar-refractivity contribution in [2.24, 2.45) is 11.3 Å². The maximum atomic E-state index is 12.1. The first kappa shape index (κ1) is 14.9. The summed E-state index contributed by atoms with van der Waals surface area (Å²) in [6, 6.07) is 4.10. The molecule has 2 aliphatic rings. The van der Waals surface area contributed by atoms with Crippen molar-refractivity contribution in [3.63, 3.8) is 0 Å². The number of thiol groups is 1. The number of likely N-dealkylation sites (tertiary alicyclic amines) is 1. The second-order valence-corrected chi connectivity index (χ2v) is 5.83. The van der Waals surface area contributed by atoms with Crippen molar-refractivity contribution in [2.75, 3.05) is 19.6 Å². The number of rotatable bonds is 2. The molecule has 1 amide bonds. The maximum absolute atomic E-state index is 12.1. The van der Waals surface area contributed by atoms with Crippen LogP contribution in [0.5, 0.6) is 0 Å². The highest BCUT2D eigenvalue weighted by Gasteiger charge is 2.51. The normalized spacial score (nSPS) is 26.0. The van der Waals surface area contributed by atoms with Gasteiger partial charge in [-0.05, 0) is 38.9 Å². The molecule has 2 rings (SSSR count). The molecule has 0 aromatic rings. The molecule has 20 heavy (non-hydrogen) atoms. The van der Waals surface area contributed by atoms with Crippen molar-refractivity contribution < 1.29 is 4.79 Å². The van der Waals surface area contributed by atoms with Gasteiger partial charge in [0.25, 0.3) is 0 Å². The summed E-state index contributed by atoms with van der Waals surface area (Å²) in [6.07, 6.45) is 2.48. The molecule has 0 bridgehead atoms. The van der Waals surface area contributed by atoms with E-state index in [-0.39, 0.29) is 11.6 Å². The Morgan fingerprint density at radius 3 is 2.60 bits per heavy atom. The monoisotopic (exact) mass is 290 g/mol. The molecule has 2 heterocycles. The predicted octanol–water partition coefficient (Wildman–Crippen LogP) is 1.41. The van der Waals surface area contributed by atoms with Crippen molar-refractivity contribution in [3.8, 4) is 12.1 Å². The summed E-state index contributed by atoms with van der Waals surface area (Å²) in [5.74, 6) is -1.12. The molecule has 1 atom stereocenters. The first-order valence-corrected chi connectivity index (χ1v) is 7.30. The lowest BCUT2D eigenvalue weighted by Crippen LogP contribution is -2.52. The molecule has 1 saturated heterocycles. The minimum absolute atomic E-state index is 0.203. The number of piperidine rings is 1. The number of hydrogen-bond acceptors (Lipinski definition) is 5. The number of nitrogens with zero attached hydrogens (tertiary/aromatic N) is 3. The van der Waals surface area contributed by atoms with Crippen LogP contribution in [0.3, 0.4) is 0 Å². The smallest absolute Gasteiger partial charge is 0.243 e. The highest BCUT2D eigenvalue weighted by atomic mass is 32.1. The van der Waals surface area contributed by atoms with Gasteiger partial charge in [0.2, 0.25) is 5.91 Å². The van der Waals surface area contributed by atoms with Gasteiger partial charge in [0, 0.05) is 10.3 Å². The highest BCUT2D eigenvalue weighted by Crippen LogP contribution is 2.49. The van der Waals surface area contributed by atoms with Crippen molar-refractivity contribution in [2.45, 2.75) is 26.2 Å². The Balaban J connectivity index is 2.34. The topological polar surface area (TPSA) is 79.9 Å². The summed E-state index contributed by atoms with van der Waals surface area (Å²) in [5.41, 5.74) is -0.385. The molecule has 106 valence electrons. The quantitative estimate of drug-likeness (QED) is 0.754. The van der Waals surface area contributed by atoms with Crippen LogP contribution >= 0.6 is 12.6 Å². The van der Waals surface area contributed by atoms with Crippen LogP contribution in [0, 0.1) is 34.0 Å². The van der Waals surface area contributed by atoms with E-state index in [0.29, 0.717) is 17.7 Å². The van der Waals surface area contributed by atoms with Crippen LogP contribution in [0.25, 0.3) is 0 Å². The van der Waals surface area contributed by atoms with E-state index in [0.717, 1.165) is 26.1 Å². The van der Waals surface area contributed by atoms with Crippen LogP contribution in [-0.2, 0) is 4.79 Å². The van der Waals surface area contributed by atoms with Gasteiger partial charge in [0.05, 0.1) is 6.07 Å². The van der Waals surface area contributed by atoms with Gasteiger partial charge in [-0.15, -0.1) is 12.6 Å². The Kier molecular flexibility index (Phi) is 4.37. The average Bonchev–Trinajstić information content (AvgIpc) is 2.46. The molecular weight excluding hydrogens is 272 g/mol. The van der Waals surface area contributed by atoms with Crippen LogP contribution in [0.4, 0.5) is 0 Å². The first-order valence-electron chi connectivity index (χ1n) is 6.85. The molecule has 0 aliphatic carbocycles. The van der Waals surface area contributed by atoms with Gasteiger partial charge >= 0.3 is 0 Å². The minimum atomic E-state index is -0.754. The lowest BCUT2D eigenvalue weighted by atomic mass is 9.66. The Morgan fingerprint density at radius 2 is 2.10 bits per heavy atom. The van der Waals surface area contributed by atoms with Gasteiger partial charge in [-0.1, -0.05) is 6.92 Å². The molecule has 6 heteroatoms. The van der Waals surface area contributed by atoms with Gasteiger partial charge in [0.15, 0.2) is 0 Å². The Bertz CT molecular complexity index is 520. The SMILES string of the molecule is CCCN1CCC2(CC1)C(S)=C(C#N)NC(=O)C2C#N. The maximum Gasteiger partial charge on any atom is 0.243 e. The third kappa shape index (κ3) is 2.30. The lowest BCUT2D eigenvalue weighted by Gasteiger charge is -2.46. The number of carbonyl (C=O) groups excluding carboxylic acids is 1. The van der Waals surface area contributed by atoms with Gasteiger partial charge in [-0.2, -0.15) is 10.5 Å². The number of carbonyl (C=O) groups is 1. The van der Waals surface area contributed by atoms with Crippen LogP contribution < -0.4 is 5.32 Å². The summed E-state index contributed by atoms with van der Waals surface area (Å²) in [7, 11) is 0. The van der Waals surface area contributed by atoms with Gasteiger partial charge in [-0.25, -0.2) is 0 Å². The second-order valence-electron chi connectivity index (χ2n) is 5.38. The molecular formula is C14H18N4OS. The van der Waals surface area contributed by atoms with E-state index in [1.54, 1.807) is 0 Å². The largest absolute Gasteiger partial charge is 0.315 e. The fourth-order valence-corrected chi connectivity index (χ4v) is 3.63. The molecule has 1 N–H and O–H groups in total. The van der Waals surface area contributed by atoms with E-state index in [2.05, 4.69) is 35.8 Å². The van der Waals surface area contributed by atoms with Gasteiger partial charge in [-0.3, -0.25) is 4.79 Å². The number of nitrogens with one attached hydrogen (secondary N) is 1. The van der Waals surface area contributed by atoms with E-state index >= 15 is 0 Å². The molecule has 0 aromatic carbocycles. The van der Waals surface area contributed by atoms with E-state index in [9.17, 15) is 10.1 Å². The fourth-order valence-electron chi connectivity index (χ4n) is 3.17. The van der Waals surface area contributed by atoms with Crippen LogP contribution in [0.1, 0.15) is 26.2 Å². The summed E-state index contributed by atoms with van der Waals surface area (Å²) in [6.45, 7) is 4.83. The first-order chi connectivity index (χ1) is 9.58.